The molecule has 4 aromatic rings. The average Bonchev–Trinajstić information content (AvgIpc) is 3.48. The molecule has 0 amide bonds. The number of anilines is 1. The fourth-order valence-corrected chi connectivity index (χ4v) is 7.32. The van der Waals surface area contributed by atoms with Crippen molar-refractivity contribution in [2.24, 2.45) is 0 Å². The van der Waals surface area contributed by atoms with Crippen LogP contribution >= 0.6 is 0 Å². The van der Waals surface area contributed by atoms with Crippen molar-refractivity contribution in [3.05, 3.63) is 144 Å². The zero-order chi connectivity index (χ0) is 36.2. The Hall–Kier alpha value is -6.00. The molecule has 2 aliphatic rings. The van der Waals surface area contributed by atoms with Crippen LogP contribution in [0.2, 0.25) is 0 Å². The first-order valence-electron chi connectivity index (χ1n) is 17.2. The summed E-state index contributed by atoms with van der Waals surface area (Å²) in [5, 5.41) is 19.9. The van der Waals surface area contributed by atoms with E-state index in [-0.39, 0.29) is 13.0 Å². The lowest BCUT2D eigenvalue weighted by Gasteiger charge is -2.26. The normalized spacial score (nSPS) is 16.6. The number of carboxylic acids is 1. The molecule has 7 nitrogen and oxygen atoms in total. The fourth-order valence-electron chi connectivity index (χ4n) is 7.32. The van der Waals surface area contributed by atoms with Gasteiger partial charge < -0.3 is 14.7 Å². The molecule has 0 saturated heterocycles. The van der Waals surface area contributed by atoms with Crippen molar-refractivity contribution < 1.29 is 24.0 Å². The van der Waals surface area contributed by atoms with Gasteiger partial charge in [0.1, 0.15) is 13.0 Å². The van der Waals surface area contributed by atoms with Crippen molar-refractivity contribution in [2.75, 3.05) is 24.6 Å². The summed E-state index contributed by atoms with van der Waals surface area (Å²) in [4.78, 5) is 24.9. The number of nitriles is 1. The maximum atomic E-state index is 11.7. The van der Waals surface area contributed by atoms with Gasteiger partial charge in [-0.05, 0) is 84.2 Å². The Balaban J connectivity index is 1.37. The van der Waals surface area contributed by atoms with Gasteiger partial charge in [0.15, 0.2) is 12.3 Å². The zero-order valence-electron chi connectivity index (χ0n) is 29.5. The van der Waals surface area contributed by atoms with Crippen LogP contribution in [0.3, 0.4) is 0 Å². The lowest BCUT2D eigenvalue weighted by Crippen LogP contribution is -2.29. The second-order valence-electron chi connectivity index (χ2n) is 13.9. The molecule has 0 bridgehead atoms. The van der Waals surface area contributed by atoms with Crippen LogP contribution in [-0.2, 0) is 25.2 Å². The van der Waals surface area contributed by atoms with E-state index in [2.05, 4.69) is 104 Å². The quantitative estimate of drug-likeness (QED) is 0.0531. The van der Waals surface area contributed by atoms with Gasteiger partial charge in [0.2, 0.25) is 5.69 Å². The van der Waals surface area contributed by atoms with Crippen LogP contribution in [0, 0.1) is 11.3 Å². The number of fused-ring (bicyclic) bond motifs is 2. The topological polar surface area (TPSA) is 93.6 Å². The van der Waals surface area contributed by atoms with Gasteiger partial charge in [-0.25, -0.2) is 0 Å². The fraction of sp³-hybridized carbons (Fsp3) is 0.227. The van der Waals surface area contributed by atoms with Crippen molar-refractivity contribution in [3.63, 3.8) is 0 Å². The second kappa shape index (κ2) is 14.5. The molecule has 1 N–H and O–H groups in total. The summed E-state index contributed by atoms with van der Waals surface area (Å²) < 4.78 is 7.18. The first-order chi connectivity index (χ1) is 24.6. The van der Waals surface area contributed by atoms with Crippen LogP contribution in [0.4, 0.5) is 11.4 Å². The third-order valence-electron chi connectivity index (χ3n) is 10.0. The molecule has 51 heavy (non-hydrogen) atoms. The van der Waals surface area contributed by atoms with Crippen LogP contribution in [0.1, 0.15) is 45.2 Å². The number of nitrogens with zero attached hydrogens (tertiary/aromatic N) is 3. The molecule has 0 aliphatic carbocycles. The van der Waals surface area contributed by atoms with Crippen molar-refractivity contribution in [3.8, 4) is 28.3 Å². The number of allylic oxidation sites excluding steroid dienone is 6. The highest BCUT2D eigenvalue weighted by molar-refractivity contribution is 6.03. The molecule has 256 valence electrons. The van der Waals surface area contributed by atoms with Gasteiger partial charge in [0, 0.05) is 34.5 Å². The number of hydrogen-bond acceptors (Lipinski definition) is 5. The largest absolute Gasteiger partial charge is 0.481 e. The summed E-state index contributed by atoms with van der Waals surface area (Å²) in [7, 11) is 0. The highest BCUT2D eigenvalue weighted by atomic mass is 16.5. The van der Waals surface area contributed by atoms with E-state index < -0.39 is 16.8 Å². The summed E-state index contributed by atoms with van der Waals surface area (Å²) in [6.45, 7) is 10.1. The van der Waals surface area contributed by atoms with Gasteiger partial charge in [-0.3, -0.25) is 9.59 Å². The molecule has 0 atom stereocenters. The number of hydrogen-bond donors (Lipinski definition) is 1. The van der Waals surface area contributed by atoms with Crippen LogP contribution in [0.5, 0.6) is 0 Å². The monoisotopic (exact) mass is 676 g/mol. The third-order valence-corrected chi connectivity index (χ3v) is 10.0. The molecule has 2 aliphatic heterocycles. The van der Waals surface area contributed by atoms with E-state index in [1.54, 1.807) is 0 Å². The number of ether oxygens (including phenoxy) is 1. The number of aliphatic carboxylic acids is 1. The van der Waals surface area contributed by atoms with Crippen LogP contribution in [-0.4, -0.2) is 47.5 Å². The van der Waals surface area contributed by atoms with E-state index in [0.29, 0.717) is 25.1 Å². The van der Waals surface area contributed by atoms with Crippen LogP contribution in [0.25, 0.3) is 22.3 Å². The molecule has 4 aromatic carbocycles. The molecule has 0 spiro atoms. The maximum Gasteiger partial charge on any atom is 0.309 e. The average molecular weight is 677 g/mol. The molecule has 0 aromatic heterocycles. The molecule has 6 rings (SSSR count). The molecule has 2 heterocycles. The van der Waals surface area contributed by atoms with Gasteiger partial charge in [0.25, 0.3) is 6.47 Å². The van der Waals surface area contributed by atoms with E-state index in [1.807, 2.05) is 60.7 Å². The molecule has 0 radical (unpaired) electrons. The van der Waals surface area contributed by atoms with Gasteiger partial charge >= 0.3 is 5.97 Å². The standard InChI is InChI=1S/C44H41N3O4/c1-43(2)36-27-34(32-11-7-5-8-12-32)17-19-38(36)46(24-23-42(49)50)40(43)21-15-31(29-45)16-22-41-44(3,4)37-28-35(33-13-9-6-10-14-33)18-20-39(37)47(41)25-26-51-30-48/h5-22,27-28,30H,23-26H2,1-4H3/p+1. The minimum atomic E-state index is -0.867. The minimum Gasteiger partial charge on any atom is -0.481 e. The van der Waals surface area contributed by atoms with Crippen LogP contribution in [0.15, 0.2) is 133 Å². The van der Waals surface area contributed by atoms with E-state index in [0.717, 1.165) is 56.2 Å². The van der Waals surface area contributed by atoms with Gasteiger partial charge in [-0.1, -0.05) is 80.6 Å². The number of carbonyl (C=O) groups is 2. The highest BCUT2D eigenvalue weighted by Gasteiger charge is 2.45. The Morgan fingerprint density at radius 1 is 0.863 bits per heavy atom. The second-order valence-corrected chi connectivity index (χ2v) is 13.9. The summed E-state index contributed by atoms with van der Waals surface area (Å²) >= 11 is 0. The summed E-state index contributed by atoms with van der Waals surface area (Å²) in [5.74, 6) is -0.867. The van der Waals surface area contributed by atoms with Gasteiger partial charge in [0.05, 0.1) is 23.6 Å². The predicted molar refractivity (Wildman–Crippen MR) is 202 cm³/mol. The SMILES string of the molecule is CC1(C)C(/C=C/C(C#N)=C/C=C2/N(CCOC=O)c3ccc(-c4ccccc4)cc3C2(C)C)=[N+](CCC(=O)O)c2ccc(-c3ccccc3)cc21. The molecule has 0 fully saturated rings. The Bertz CT molecular complexity index is 2130. The first-order valence-corrected chi connectivity index (χ1v) is 17.2. The maximum absolute atomic E-state index is 11.7. The van der Waals surface area contributed by atoms with Crippen molar-refractivity contribution >= 4 is 29.5 Å². The molecular weight excluding hydrogens is 635 g/mol. The molecular formula is C44H42N3O4+. The van der Waals surface area contributed by atoms with Crippen molar-refractivity contribution in [1.82, 2.24) is 0 Å². The lowest BCUT2D eigenvalue weighted by molar-refractivity contribution is -0.436. The van der Waals surface area contributed by atoms with Crippen molar-refractivity contribution in [1.29, 1.82) is 5.26 Å². The number of benzene rings is 4. The van der Waals surface area contributed by atoms with E-state index in [9.17, 15) is 20.0 Å². The number of carboxylic acid groups (broad SMARTS) is 1. The Labute approximate surface area is 299 Å². The Morgan fingerprint density at radius 2 is 1.49 bits per heavy atom. The predicted octanol–water partition coefficient (Wildman–Crippen LogP) is 8.73. The highest BCUT2D eigenvalue weighted by Crippen LogP contribution is 2.49. The van der Waals surface area contributed by atoms with E-state index >= 15 is 0 Å². The Kier molecular flexibility index (Phi) is 9.88. The summed E-state index contributed by atoms with van der Waals surface area (Å²) in [6, 6.07) is 35.6. The van der Waals surface area contributed by atoms with Crippen molar-refractivity contribution in [2.45, 2.75) is 44.9 Å². The van der Waals surface area contributed by atoms with E-state index in [1.165, 1.54) is 0 Å². The smallest absolute Gasteiger partial charge is 0.309 e. The number of carbonyl (C=O) groups excluding carboxylic acids is 1. The molecule has 0 unspecified atom stereocenters. The lowest BCUT2D eigenvalue weighted by atomic mass is 9.80. The van der Waals surface area contributed by atoms with Gasteiger partial charge in [-0.15, -0.1) is 0 Å². The molecule has 0 saturated carbocycles. The number of rotatable bonds is 12. The zero-order valence-corrected chi connectivity index (χ0v) is 29.5. The molecule has 7 heteroatoms. The minimum absolute atomic E-state index is 0.0222. The Morgan fingerprint density at radius 3 is 2.10 bits per heavy atom. The summed E-state index contributed by atoms with van der Waals surface area (Å²) in [6.07, 6.45) is 7.56. The van der Waals surface area contributed by atoms with Crippen LogP contribution < -0.4 is 4.90 Å². The van der Waals surface area contributed by atoms with E-state index in [4.69, 9.17) is 4.74 Å². The third kappa shape index (κ3) is 6.91. The first kappa shape index (κ1) is 34.8. The summed E-state index contributed by atoms with van der Waals surface area (Å²) in [5.41, 5.74) is 10.2. The van der Waals surface area contributed by atoms with Gasteiger partial charge in [-0.2, -0.15) is 9.84 Å².